The van der Waals surface area contributed by atoms with Crippen LogP contribution in [-0.2, 0) is 0 Å². The van der Waals surface area contributed by atoms with E-state index in [0.717, 1.165) is 5.56 Å². The molecule has 1 nitrogen and oxygen atoms in total. The lowest BCUT2D eigenvalue weighted by molar-refractivity contribution is 0.161. The van der Waals surface area contributed by atoms with Crippen molar-refractivity contribution in [1.82, 2.24) is 0 Å². The Morgan fingerprint density at radius 3 is 2.46 bits per heavy atom. The molecule has 0 amide bonds. The van der Waals surface area contributed by atoms with Crippen LogP contribution >= 0.6 is 11.6 Å². The number of aliphatic hydroxyl groups is 1. The molecule has 0 aliphatic carbocycles. The highest BCUT2D eigenvalue weighted by atomic mass is 35.5. The van der Waals surface area contributed by atoms with Gasteiger partial charge < -0.3 is 5.11 Å². The van der Waals surface area contributed by atoms with Gasteiger partial charge in [0.1, 0.15) is 0 Å². The van der Waals surface area contributed by atoms with Crippen molar-refractivity contribution in [3.63, 3.8) is 0 Å². The van der Waals surface area contributed by atoms with Crippen molar-refractivity contribution in [2.75, 3.05) is 6.67 Å². The average Bonchev–Trinajstić information content (AvgIpc) is 2.15. The van der Waals surface area contributed by atoms with E-state index in [-0.39, 0.29) is 6.67 Å². The van der Waals surface area contributed by atoms with Gasteiger partial charge in [-0.1, -0.05) is 23.7 Å². The molecule has 72 valence electrons. The third-order valence-corrected chi connectivity index (χ3v) is 2.12. The Bertz CT molecular complexity index is 248. The number of aliphatic hydroxyl groups excluding tert-OH is 1. The molecule has 1 atom stereocenters. The second kappa shape index (κ2) is 5.20. The third kappa shape index (κ3) is 3.33. The molecule has 0 bridgehead atoms. The molecular formula is C10H12ClFO. The predicted octanol–water partition coefficient (Wildman–Crippen LogP) is 3.12. The van der Waals surface area contributed by atoms with Gasteiger partial charge in [0, 0.05) is 5.02 Å². The molecule has 13 heavy (non-hydrogen) atoms. The molecule has 1 aromatic rings. The molecule has 3 heteroatoms. The Kier molecular flexibility index (Phi) is 4.19. The lowest BCUT2D eigenvalue weighted by Gasteiger charge is -2.09. The van der Waals surface area contributed by atoms with Gasteiger partial charge in [-0.25, -0.2) is 0 Å². The first-order valence-corrected chi connectivity index (χ1v) is 4.61. The summed E-state index contributed by atoms with van der Waals surface area (Å²) < 4.78 is 11.8. The topological polar surface area (TPSA) is 20.2 Å². The van der Waals surface area contributed by atoms with Gasteiger partial charge in [-0.15, -0.1) is 0 Å². The van der Waals surface area contributed by atoms with Gasteiger partial charge >= 0.3 is 0 Å². The molecule has 1 N–H and O–H groups in total. The summed E-state index contributed by atoms with van der Waals surface area (Å²) in [5.41, 5.74) is 0.790. The van der Waals surface area contributed by atoms with Crippen LogP contribution in [0.15, 0.2) is 24.3 Å². The number of alkyl halides is 1. The van der Waals surface area contributed by atoms with E-state index in [1.807, 2.05) is 0 Å². The Morgan fingerprint density at radius 1 is 1.31 bits per heavy atom. The van der Waals surface area contributed by atoms with E-state index in [9.17, 15) is 9.50 Å². The van der Waals surface area contributed by atoms with Crippen molar-refractivity contribution in [2.24, 2.45) is 0 Å². The lowest BCUT2D eigenvalue weighted by Crippen LogP contribution is -1.97. The number of benzene rings is 1. The Morgan fingerprint density at radius 2 is 1.92 bits per heavy atom. The van der Waals surface area contributed by atoms with E-state index >= 15 is 0 Å². The minimum absolute atomic E-state index is 0.384. The van der Waals surface area contributed by atoms with Crippen molar-refractivity contribution in [1.29, 1.82) is 0 Å². The Labute approximate surface area is 82.2 Å². The van der Waals surface area contributed by atoms with E-state index in [4.69, 9.17) is 11.6 Å². The summed E-state index contributed by atoms with van der Waals surface area (Å²) in [6, 6.07) is 6.95. The van der Waals surface area contributed by atoms with Crippen molar-refractivity contribution < 1.29 is 9.50 Å². The van der Waals surface area contributed by atoms with Gasteiger partial charge in [-0.3, -0.25) is 4.39 Å². The highest BCUT2D eigenvalue weighted by molar-refractivity contribution is 6.30. The molecule has 0 aliphatic heterocycles. The first-order valence-electron chi connectivity index (χ1n) is 4.23. The van der Waals surface area contributed by atoms with E-state index in [1.54, 1.807) is 24.3 Å². The van der Waals surface area contributed by atoms with Gasteiger partial charge in [-0.05, 0) is 30.5 Å². The monoisotopic (exact) mass is 202 g/mol. The zero-order chi connectivity index (χ0) is 9.68. The maximum atomic E-state index is 11.8. The molecular weight excluding hydrogens is 191 g/mol. The minimum Gasteiger partial charge on any atom is -0.388 e. The highest BCUT2D eigenvalue weighted by Gasteiger charge is 2.06. The third-order valence-electron chi connectivity index (χ3n) is 1.87. The molecule has 0 fully saturated rings. The van der Waals surface area contributed by atoms with Gasteiger partial charge in [0.15, 0.2) is 0 Å². The van der Waals surface area contributed by atoms with Crippen LogP contribution < -0.4 is 0 Å². The van der Waals surface area contributed by atoms with Crippen LogP contribution in [0.5, 0.6) is 0 Å². The minimum atomic E-state index is -0.576. The van der Waals surface area contributed by atoms with E-state index in [2.05, 4.69) is 0 Å². The van der Waals surface area contributed by atoms with Crippen LogP contribution in [0.25, 0.3) is 0 Å². The number of hydrogen-bond acceptors (Lipinski definition) is 1. The van der Waals surface area contributed by atoms with Crippen LogP contribution in [0.3, 0.4) is 0 Å². The average molecular weight is 203 g/mol. The van der Waals surface area contributed by atoms with Crippen molar-refractivity contribution >= 4 is 11.6 Å². The highest BCUT2D eigenvalue weighted by Crippen LogP contribution is 2.20. The number of hydrogen-bond donors (Lipinski definition) is 1. The lowest BCUT2D eigenvalue weighted by atomic mass is 10.1. The molecule has 0 radical (unpaired) electrons. The summed E-state index contributed by atoms with van der Waals surface area (Å²) in [5.74, 6) is 0. The van der Waals surface area contributed by atoms with Crippen molar-refractivity contribution in [3.05, 3.63) is 34.9 Å². The van der Waals surface area contributed by atoms with Crippen molar-refractivity contribution in [2.45, 2.75) is 18.9 Å². The summed E-state index contributed by atoms with van der Waals surface area (Å²) in [5, 5.41) is 10.2. The molecule has 1 unspecified atom stereocenters. The zero-order valence-corrected chi connectivity index (χ0v) is 7.97. The first kappa shape index (κ1) is 10.5. The standard InChI is InChI=1S/C10H12ClFO/c11-9-5-3-8(4-6-9)10(13)2-1-7-12/h3-6,10,13H,1-2,7H2. The maximum absolute atomic E-state index is 11.8. The molecule has 0 heterocycles. The molecule has 0 aromatic heterocycles. The summed E-state index contributed by atoms with van der Waals surface area (Å²) in [6.07, 6.45) is 0.273. The molecule has 0 spiro atoms. The molecule has 0 saturated carbocycles. The van der Waals surface area contributed by atoms with Gasteiger partial charge in [0.05, 0.1) is 12.8 Å². The van der Waals surface area contributed by atoms with E-state index in [0.29, 0.717) is 17.9 Å². The molecule has 0 aliphatic rings. The summed E-state index contributed by atoms with van der Waals surface area (Å²) in [7, 11) is 0. The van der Waals surface area contributed by atoms with Crippen LogP contribution in [0.4, 0.5) is 4.39 Å². The van der Waals surface area contributed by atoms with Crippen molar-refractivity contribution in [3.8, 4) is 0 Å². The fourth-order valence-corrected chi connectivity index (χ4v) is 1.25. The summed E-state index contributed by atoms with van der Waals surface area (Å²) >= 11 is 5.68. The summed E-state index contributed by atoms with van der Waals surface area (Å²) in [4.78, 5) is 0. The maximum Gasteiger partial charge on any atom is 0.0895 e. The fraction of sp³-hybridized carbons (Fsp3) is 0.400. The molecule has 0 saturated heterocycles. The smallest absolute Gasteiger partial charge is 0.0895 e. The van der Waals surface area contributed by atoms with Crippen LogP contribution in [0.2, 0.25) is 5.02 Å². The number of halogens is 2. The molecule has 1 aromatic carbocycles. The predicted molar refractivity (Wildman–Crippen MR) is 51.6 cm³/mol. The van der Waals surface area contributed by atoms with Gasteiger partial charge in [0.2, 0.25) is 0 Å². The second-order valence-corrected chi connectivity index (χ2v) is 3.33. The molecule has 1 rings (SSSR count). The zero-order valence-electron chi connectivity index (χ0n) is 7.21. The Hall–Kier alpha value is -0.600. The van der Waals surface area contributed by atoms with Gasteiger partial charge in [0.25, 0.3) is 0 Å². The normalized spacial score (nSPS) is 12.8. The van der Waals surface area contributed by atoms with Crippen LogP contribution in [0.1, 0.15) is 24.5 Å². The van der Waals surface area contributed by atoms with Crippen LogP contribution in [-0.4, -0.2) is 11.8 Å². The van der Waals surface area contributed by atoms with E-state index < -0.39 is 6.10 Å². The fourth-order valence-electron chi connectivity index (χ4n) is 1.12. The van der Waals surface area contributed by atoms with Gasteiger partial charge in [-0.2, -0.15) is 0 Å². The quantitative estimate of drug-likeness (QED) is 0.796. The first-order chi connectivity index (χ1) is 6.24. The van der Waals surface area contributed by atoms with E-state index in [1.165, 1.54) is 0 Å². The number of rotatable bonds is 4. The summed E-state index contributed by atoms with van der Waals surface area (Å²) in [6.45, 7) is -0.384. The SMILES string of the molecule is OC(CCCF)c1ccc(Cl)cc1. The second-order valence-electron chi connectivity index (χ2n) is 2.90. The largest absolute Gasteiger partial charge is 0.388 e. The Balaban J connectivity index is 2.55. The van der Waals surface area contributed by atoms with Crippen LogP contribution in [0, 0.1) is 0 Å².